The second-order valence-electron chi connectivity index (χ2n) is 6.40. The van der Waals surface area contributed by atoms with E-state index in [2.05, 4.69) is 20.7 Å². The predicted molar refractivity (Wildman–Crippen MR) is 89.7 cm³/mol. The minimum Gasteiger partial charge on any atom is -0.315 e. The number of hydrogen-bond donors (Lipinski definition) is 2. The van der Waals surface area contributed by atoms with E-state index in [1.54, 1.807) is 16.0 Å². The van der Waals surface area contributed by atoms with Crippen molar-refractivity contribution in [1.82, 2.24) is 20.1 Å². The quantitative estimate of drug-likeness (QED) is 0.898. The van der Waals surface area contributed by atoms with Crippen LogP contribution in [0, 0.1) is 5.92 Å². The number of amides is 1. The highest BCUT2D eigenvalue weighted by atomic mass is 32.1. The van der Waals surface area contributed by atoms with E-state index < -0.39 is 0 Å². The van der Waals surface area contributed by atoms with Crippen molar-refractivity contribution in [2.75, 3.05) is 18.4 Å². The lowest BCUT2D eigenvalue weighted by molar-refractivity contribution is -0.119. The molecule has 0 radical (unpaired) electrons. The van der Waals surface area contributed by atoms with Crippen LogP contribution in [0.15, 0.2) is 12.4 Å². The van der Waals surface area contributed by atoms with Gasteiger partial charge >= 0.3 is 0 Å². The van der Waals surface area contributed by atoms with Crippen LogP contribution in [0.25, 0.3) is 0 Å². The Morgan fingerprint density at radius 2 is 2.26 bits per heavy atom. The van der Waals surface area contributed by atoms with Crippen LogP contribution in [0.4, 0.5) is 5.13 Å². The Kier molecular flexibility index (Phi) is 3.90. The fourth-order valence-corrected chi connectivity index (χ4v) is 4.59. The molecule has 1 aliphatic carbocycles. The standard InChI is InChI=1S/C16H21N5OS/c1-21-9-10(6-18-21)11-7-17-8-12(11)15(22)20-16-19-13-4-2-3-5-14(13)23-16/h6,9,11-12,17H,2-5,7-8H2,1H3,(H,19,20,22)/t11-,12+/m1/s1. The van der Waals surface area contributed by atoms with Crippen molar-refractivity contribution in [3.05, 3.63) is 28.5 Å². The average Bonchev–Trinajstić information content (AvgIpc) is 3.24. The molecule has 2 aromatic rings. The first-order valence-corrected chi connectivity index (χ1v) is 9.01. The van der Waals surface area contributed by atoms with Crippen molar-refractivity contribution >= 4 is 22.4 Å². The smallest absolute Gasteiger partial charge is 0.231 e. The van der Waals surface area contributed by atoms with Gasteiger partial charge in [0.05, 0.1) is 17.8 Å². The number of hydrogen-bond acceptors (Lipinski definition) is 5. The van der Waals surface area contributed by atoms with E-state index in [0.717, 1.165) is 30.1 Å². The number of nitrogens with one attached hydrogen (secondary N) is 2. The summed E-state index contributed by atoms with van der Waals surface area (Å²) in [6, 6.07) is 0. The molecular weight excluding hydrogens is 310 g/mol. The Morgan fingerprint density at radius 1 is 1.39 bits per heavy atom. The molecule has 0 spiro atoms. The van der Waals surface area contributed by atoms with E-state index in [4.69, 9.17) is 0 Å². The van der Waals surface area contributed by atoms with Gasteiger partial charge in [-0.25, -0.2) is 4.98 Å². The zero-order valence-corrected chi connectivity index (χ0v) is 14.0. The van der Waals surface area contributed by atoms with Crippen LogP contribution < -0.4 is 10.6 Å². The first-order valence-electron chi connectivity index (χ1n) is 8.19. The summed E-state index contributed by atoms with van der Waals surface area (Å²) in [6.07, 6.45) is 8.45. The number of anilines is 1. The monoisotopic (exact) mass is 331 g/mol. The molecule has 1 saturated heterocycles. The van der Waals surface area contributed by atoms with Crippen LogP contribution in [0.2, 0.25) is 0 Å². The molecule has 3 heterocycles. The summed E-state index contributed by atoms with van der Waals surface area (Å²) in [6.45, 7) is 1.52. The molecule has 0 unspecified atom stereocenters. The third-order valence-corrected chi connectivity index (χ3v) is 5.85. The summed E-state index contributed by atoms with van der Waals surface area (Å²) >= 11 is 1.64. The Balaban J connectivity index is 1.48. The van der Waals surface area contributed by atoms with Crippen LogP contribution in [0.1, 0.15) is 34.9 Å². The fourth-order valence-electron chi connectivity index (χ4n) is 3.54. The summed E-state index contributed by atoms with van der Waals surface area (Å²) in [5.74, 6) is 0.174. The minimum atomic E-state index is -0.0693. The van der Waals surface area contributed by atoms with Crippen LogP contribution in [-0.2, 0) is 24.7 Å². The van der Waals surface area contributed by atoms with Crippen LogP contribution >= 0.6 is 11.3 Å². The molecule has 2 aliphatic rings. The number of nitrogens with zero attached hydrogens (tertiary/aromatic N) is 3. The number of fused-ring (bicyclic) bond motifs is 1. The molecule has 7 heteroatoms. The lowest BCUT2D eigenvalue weighted by atomic mass is 9.90. The third-order valence-electron chi connectivity index (χ3n) is 4.78. The molecule has 0 bridgehead atoms. The molecule has 1 fully saturated rings. The fraction of sp³-hybridized carbons (Fsp3) is 0.562. The van der Waals surface area contributed by atoms with E-state index >= 15 is 0 Å². The second-order valence-corrected chi connectivity index (χ2v) is 7.49. The zero-order valence-electron chi connectivity index (χ0n) is 13.2. The molecule has 6 nitrogen and oxygen atoms in total. The molecule has 1 aliphatic heterocycles. The average molecular weight is 331 g/mol. The zero-order chi connectivity index (χ0) is 15.8. The highest BCUT2D eigenvalue weighted by Crippen LogP contribution is 2.32. The molecule has 0 aromatic carbocycles. The van der Waals surface area contributed by atoms with Gasteiger partial charge in [0.1, 0.15) is 0 Å². The maximum absolute atomic E-state index is 12.7. The minimum absolute atomic E-state index is 0.0648. The van der Waals surface area contributed by atoms with Gasteiger partial charge < -0.3 is 10.6 Å². The Hall–Kier alpha value is -1.73. The van der Waals surface area contributed by atoms with Crippen molar-refractivity contribution in [2.45, 2.75) is 31.6 Å². The van der Waals surface area contributed by atoms with Gasteiger partial charge in [0.25, 0.3) is 0 Å². The first-order chi connectivity index (χ1) is 11.2. The lowest BCUT2D eigenvalue weighted by Gasteiger charge is -2.15. The molecule has 122 valence electrons. The van der Waals surface area contributed by atoms with Crippen molar-refractivity contribution in [2.24, 2.45) is 13.0 Å². The highest BCUT2D eigenvalue weighted by Gasteiger charge is 2.35. The number of carbonyl (C=O) groups excluding carboxylic acids is 1. The Labute approximate surface area is 139 Å². The number of aryl methyl sites for hydroxylation is 3. The molecular formula is C16H21N5OS. The molecule has 2 aromatic heterocycles. The van der Waals surface area contributed by atoms with Crippen molar-refractivity contribution in [1.29, 1.82) is 0 Å². The van der Waals surface area contributed by atoms with Crippen molar-refractivity contribution < 1.29 is 4.79 Å². The maximum Gasteiger partial charge on any atom is 0.231 e. The normalized spacial score (nSPS) is 23.7. The summed E-state index contributed by atoms with van der Waals surface area (Å²) < 4.78 is 1.79. The summed E-state index contributed by atoms with van der Waals surface area (Å²) in [5, 5.41) is 11.4. The first kappa shape index (κ1) is 14.8. The summed E-state index contributed by atoms with van der Waals surface area (Å²) in [5.41, 5.74) is 2.31. The van der Waals surface area contributed by atoms with Gasteiger partial charge in [0.15, 0.2) is 5.13 Å². The molecule has 2 atom stereocenters. The van der Waals surface area contributed by atoms with Gasteiger partial charge in [-0.3, -0.25) is 9.48 Å². The molecule has 4 rings (SSSR count). The maximum atomic E-state index is 12.7. The number of carbonyl (C=O) groups is 1. The number of thiazole rings is 1. The number of rotatable bonds is 3. The largest absolute Gasteiger partial charge is 0.315 e. The SMILES string of the molecule is Cn1cc([C@H]2CNC[C@@H]2C(=O)Nc2nc3c(s2)CCCC3)cn1. The van der Waals surface area contributed by atoms with E-state index in [0.29, 0.717) is 6.54 Å². The van der Waals surface area contributed by atoms with Crippen LogP contribution in [0.3, 0.4) is 0 Å². The Morgan fingerprint density at radius 3 is 3.04 bits per heavy atom. The van der Waals surface area contributed by atoms with E-state index in [-0.39, 0.29) is 17.7 Å². The van der Waals surface area contributed by atoms with Gasteiger partial charge in [-0.1, -0.05) is 0 Å². The number of aromatic nitrogens is 3. The van der Waals surface area contributed by atoms with Gasteiger partial charge in [-0.05, 0) is 31.2 Å². The van der Waals surface area contributed by atoms with E-state index in [9.17, 15) is 4.79 Å². The van der Waals surface area contributed by atoms with Gasteiger partial charge in [0.2, 0.25) is 5.91 Å². The molecule has 2 N–H and O–H groups in total. The van der Waals surface area contributed by atoms with Crippen LogP contribution in [0.5, 0.6) is 0 Å². The molecule has 0 saturated carbocycles. The van der Waals surface area contributed by atoms with Crippen LogP contribution in [-0.4, -0.2) is 33.8 Å². The topological polar surface area (TPSA) is 71.8 Å². The highest BCUT2D eigenvalue weighted by molar-refractivity contribution is 7.15. The van der Waals surface area contributed by atoms with Gasteiger partial charge in [-0.2, -0.15) is 5.10 Å². The molecule has 23 heavy (non-hydrogen) atoms. The van der Waals surface area contributed by atoms with Crippen molar-refractivity contribution in [3.8, 4) is 0 Å². The van der Waals surface area contributed by atoms with E-state index in [1.165, 1.54) is 23.4 Å². The van der Waals surface area contributed by atoms with Gasteiger partial charge in [-0.15, -0.1) is 11.3 Å². The van der Waals surface area contributed by atoms with Gasteiger partial charge in [0, 0.05) is 37.1 Å². The Bertz CT molecular complexity index is 698. The third kappa shape index (κ3) is 2.90. The lowest BCUT2D eigenvalue weighted by Crippen LogP contribution is -2.28. The summed E-state index contributed by atoms with van der Waals surface area (Å²) in [7, 11) is 1.90. The van der Waals surface area contributed by atoms with Crippen molar-refractivity contribution in [3.63, 3.8) is 0 Å². The summed E-state index contributed by atoms with van der Waals surface area (Å²) in [4.78, 5) is 18.7. The second kappa shape index (κ2) is 6.05. The molecule has 1 amide bonds. The van der Waals surface area contributed by atoms with E-state index in [1.807, 2.05) is 19.4 Å². The predicted octanol–water partition coefficient (Wildman–Crippen LogP) is 1.70.